The Balaban J connectivity index is 1.47. The van der Waals surface area contributed by atoms with Crippen molar-refractivity contribution in [1.29, 1.82) is 0 Å². The van der Waals surface area contributed by atoms with Gasteiger partial charge in [0.2, 0.25) is 0 Å². The predicted octanol–water partition coefficient (Wildman–Crippen LogP) is 4.11. The third kappa shape index (κ3) is 4.75. The molecule has 0 spiro atoms. The second-order valence-electron chi connectivity index (χ2n) is 5.97. The molecule has 0 bridgehead atoms. The van der Waals surface area contributed by atoms with Gasteiger partial charge in [-0.1, -0.05) is 54.1 Å². The van der Waals surface area contributed by atoms with Gasteiger partial charge in [-0.2, -0.15) is 0 Å². The molecule has 2 N–H and O–H groups in total. The van der Waals surface area contributed by atoms with Crippen molar-refractivity contribution in [2.24, 2.45) is 0 Å². The van der Waals surface area contributed by atoms with E-state index in [0.717, 1.165) is 16.3 Å². The number of fused-ring (bicyclic) bond motifs is 1. The van der Waals surface area contributed by atoms with Gasteiger partial charge in [0, 0.05) is 11.6 Å². The summed E-state index contributed by atoms with van der Waals surface area (Å²) in [6.07, 6.45) is -0.209. The van der Waals surface area contributed by atoms with Crippen LogP contribution in [0.15, 0.2) is 66.7 Å². The second kappa shape index (κ2) is 8.70. The lowest BCUT2D eigenvalue weighted by Crippen LogP contribution is -2.30. The number of aliphatic hydroxyl groups is 1. The van der Waals surface area contributed by atoms with Gasteiger partial charge < -0.3 is 15.2 Å². The standard InChI is InChI=1S/C21H20ClNO3/c22-16-8-10-17(11-9-16)26-14-21(25)23-13-12-20(24)19-7-3-5-15-4-1-2-6-18(15)19/h1-11,20,24H,12-14H2,(H,23,25). The highest BCUT2D eigenvalue weighted by Crippen LogP contribution is 2.25. The second-order valence-corrected chi connectivity index (χ2v) is 6.40. The molecule has 1 amide bonds. The van der Waals surface area contributed by atoms with E-state index < -0.39 is 6.10 Å². The number of carbonyl (C=O) groups is 1. The van der Waals surface area contributed by atoms with Crippen LogP contribution in [-0.4, -0.2) is 24.2 Å². The third-order valence-corrected chi connectivity index (χ3v) is 4.36. The fourth-order valence-corrected chi connectivity index (χ4v) is 2.90. The molecular formula is C21H20ClNO3. The molecule has 5 heteroatoms. The number of ether oxygens (including phenoxy) is 1. The highest BCUT2D eigenvalue weighted by atomic mass is 35.5. The molecule has 0 saturated heterocycles. The summed E-state index contributed by atoms with van der Waals surface area (Å²) in [5.41, 5.74) is 0.870. The number of carbonyl (C=O) groups excluding carboxylic acids is 1. The normalized spacial score (nSPS) is 11.9. The van der Waals surface area contributed by atoms with Crippen molar-refractivity contribution >= 4 is 28.3 Å². The predicted molar refractivity (Wildman–Crippen MR) is 103 cm³/mol. The Morgan fingerprint density at radius 3 is 2.58 bits per heavy atom. The zero-order chi connectivity index (χ0) is 18.4. The number of nitrogens with one attached hydrogen (secondary N) is 1. The molecule has 0 aromatic heterocycles. The van der Waals surface area contributed by atoms with Gasteiger partial charge in [-0.3, -0.25) is 4.79 Å². The number of hydrogen-bond donors (Lipinski definition) is 2. The Hall–Kier alpha value is -2.56. The summed E-state index contributed by atoms with van der Waals surface area (Å²) in [5.74, 6) is 0.352. The van der Waals surface area contributed by atoms with E-state index >= 15 is 0 Å². The summed E-state index contributed by atoms with van der Waals surface area (Å²) in [6.45, 7) is 0.291. The number of aliphatic hydroxyl groups excluding tert-OH is 1. The average Bonchev–Trinajstić information content (AvgIpc) is 2.67. The van der Waals surface area contributed by atoms with Crippen molar-refractivity contribution in [3.63, 3.8) is 0 Å². The Labute approximate surface area is 157 Å². The fourth-order valence-electron chi connectivity index (χ4n) is 2.78. The molecule has 4 nitrogen and oxygen atoms in total. The van der Waals surface area contributed by atoms with Crippen LogP contribution in [0.1, 0.15) is 18.1 Å². The van der Waals surface area contributed by atoms with E-state index in [0.29, 0.717) is 23.7 Å². The molecule has 0 aliphatic rings. The Morgan fingerprint density at radius 1 is 1.04 bits per heavy atom. The first-order chi connectivity index (χ1) is 12.6. The van der Waals surface area contributed by atoms with Gasteiger partial charge in [0.1, 0.15) is 5.75 Å². The third-order valence-electron chi connectivity index (χ3n) is 4.11. The zero-order valence-corrected chi connectivity index (χ0v) is 14.9. The molecule has 134 valence electrons. The first-order valence-corrected chi connectivity index (χ1v) is 8.82. The molecule has 0 fully saturated rings. The number of halogens is 1. The van der Waals surface area contributed by atoms with E-state index in [4.69, 9.17) is 16.3 Å². The minimum atomic E-state index is -0.640. The first kappa shape index (κ1) is 18.2. The van der Waals surface area contributed by atoms with Crippen molar-refractivity contribution in [2.75, 3.05) is 13.2 Å². The maximum absolute atomic E-state index is 11.9. The van der Waals surface area contributed by atoms with Gasteiger partial charge >= 0.3 is 0 Å². The van der Waals surface area contributed by atoms with Gasteiger partial charge in [0.25, 0.3) is 5.91 Å². The van der Waals surface area contributed by atoms with Crippen LogP contribution in [0.4, 0.5) is 0 Å². The molecule has 3 aromatic carbocycles. The zero-order valence-electron chi connectivity index (χ0n) is 14.2. The lowest BCUT2D eigenvalue weighted by Gasteiger charge is -2.14. The molecule has 0 radical (unpaired) electrons. The van der Waals surface area contributed by atoms with Gasteiger partial charge in [-0.05, 0) is 47.0 Å². The van der Waals surface area contributed by atoms with E-state index in [1.165, 1.54) is 0 Å². The van der Waals surface area contributed by atoms with Gasteiger partial charge in [-0.15, -0.1) is 0 Å². The lowest BCUT2D eigenvalue weighted by molar-refractivity contribution is -0.123. The van der Waals surface area contributed by atoms with Crippen LogP contribution in [-0.2, 0) is 4.79 Å². The van der Waals surface area contributed by atoms with Crippen LogP contribution in [0, 0.1) is 0 Å². The van der Waals surface area contributed by atoms with Crippen LogP contribution in [0.5, 0.6) is 5.75 Å². The quantitative estimate of drug-likeness (QED) is 0.658. The molecule has 1 atom stereocenters. The highest BCUT2D eigenvalue weighted by molar-refractivity contribution is 6.30. The van der Waals surface area contributed by atoms with Crippen molar-refractivity contribution in [2.45, 2.75) is 12.5 Å². The van der Waals surface area contributed by atoms with Gasteiger partial charge in [0.15, 0.2) is 6.61 Å². The van der Waals surface area contributed by atoms with E-state index in [9.17, 15) is 9.90 Å². The summed E-state index contributed by atoms with van der Waals surface area (Å²) < 4.78 is 5.39. The van der Waals surface area contributed by atoms with Crippen LogP contribution >= 0.6 is 11.6 Å². The lowest BCUT2D eigenvalue weighted by atomic mass is 9.99. The monoisotopic (exact) mass is 369 g/mol. The van der Waals surface area contributed by atoms with Crippen LogP contribution < -0.4 is 10.1 Å². The maximum atomic E-state index is 11.9. The van der Waals surface area contributed by atoms with E-state index in [1.54, 1.807) is 24.3 Å². The number of rotatable bonds is 7. The van der Waals surface area contributed by atoms with Crippen LogP contribution in [0.25, 0.3) is 10.8 Å². The number of hydrogen-bond acceptors (Lipinski definition) is 3. The highest BCUT2D eigenvalue weighted by Gasteiger charge is 2.11. The Morgan fingerprint density at radius 2 is 1.77 bits per heavy atom. The molecule has 3 aromatic rings. The molecule has 1 unspecified atom stereocenters. The van der Waals surface area contributed by atoms with E-state index in [1.807, 2.05) is 42.5 Å². The summed E-state index contributed by atoms with van der Waals surface area (Å²) >= 11 is 5.80. The Kier molecular flexibility index (Phi) is 6.10. The van der Waals surface area contributed by atoms with Gasteiger partial charge in [-0.25, -0.2) is 0 Å². The van der Waals surface area contributed by atoms with Gasteiger partial charge in [0.05, 0.1) is 6.10 Å². The SMILES string of the molecule is O=C(COc1ccc(Cl)cc1)NCCC(O)c1cccc2ccccc12. The molecule has 0 aliphatic heterocycles. The first-order valence-electron chi connectivity index (χ1n) is 8.44. The van der Waals surface area contributed by atoms with Crippen molar-refractivity contribution in [3.8, 4) is 5.75 Å². The molecule has 26 heavy (non-hydrogen) atoms. The molecule has 0 heterocycles. The van der Waals surface area contributed by atoms with Crippen molar-refractivity contribution in [3.05, 3.63) is 77.3 Å². The summed E-state index contributed by atoms with van der Waals surface area (Å²) in [4.78, 5) is 11.9. The minimum absolute atomic E-state index is 0.0774. The largest absolute Gasteiger partial charge is 0.484 e. The fraction of sp³-hybridized carbons (Fsp3) is 0.190. The van der Waals surface area contributed by atoms with E-state index in [-0.39, 0.29) is 12.5 Å². The minimum Gasteiger partial charge on any atom is -0.484 e. The van der Waals surface area contributed by atoms with Crippen LogP contribution in [0.2, 0.25) is 5.02 Å². The number of amides is 1. The average molecular weight is 370 g/mol. The molecule has 3 rings (SSSR count). The molecule has 0 saturated carbocycles. The smallest absolute Gasteiger partial charge is 0.257 e. The van der Waals surface area contributed by atoms with Crippen molar-refractivity contribution in [1.82, 2.24) is 5.32 Å². The molecule has 0 aliphatic carbocycles. The van der Waals surface area contributed by atoms with E-state index in [2.05, 4.69) is 5.32 Å². The molecular weight excluding hydrogens is 350 g/mol. The van der Waals surface area contributed by atoms with Crippen LogP contribution in [0.3, 0.4) is 0 Å². The Bertz CT molecular complexity index is 875. The topological polar surface area (TPSA) is 58.6 Å². The number of benzene rings is 3. The maximum Gasteiger partial charge on any atom is 0.257 e. The summed E-state index contributed by atoms with van der Waals surface area (Å²) in [7, 11) is 0. The summed E-state index contributed by atoms with van der Waals surface area (Å²) in [6, 6.07) is 20.6. The van der Waals surface area contributed by atoms with Crippen molar-refractivity contribution < 1.29 is 14.6 Å². The summed E-state index contributed by atoms with van der Waals surface area (Å²) in [5, 5.41) is 16.0.